The van der Waals surface area contributed by atoms with Gasteiger partial charge in [0.05, 0.1) is 0 Å². The van der Waals surface area contributed by atoms with Gasteiger partial charge in [-0.25, -0.2) is 4.79 Å². The van der Waals surface area contributed by atoms with Crippen LogP contribution in [0.2, 0.25) is 5.02 Å². The van der Waals surface area contributed by atoms with Crippen molar-refractivity contribution in [3.8, 4) is 5.75 Å². The van der Waals surface area contributed by atoms with E-state index in [-0.39, 0.29) is 23.3 Å². The molecule has 116 valence electrons. The SMILES string of the molecule is CCCC(C)NC(=O)C(C)Oc1ccc(Cl)cc1C(=O)O. The minimum Gasteiger partial charge on any atom is -0.480 e. The van der Waals surface area contributed by atoms with Crippen molar-refractivity contribution in [3.05, 3.63) is 28.8 Å². The maximum Gasteiger partial charge on any atom is 0.339 e. The molecule has 2 N–H and O–H groups in total. The van der Waals surface area contributed by atoms with Crippen LogP contribution >= 0.6 is 11.6 Å². The van der Waals surface area contributed by atoms with E-state index in [1.54, 1.807) is 6.92 Å². The first-order chi connectivity index (χ1) is 9.85. The van der Waals surface area contributed by atoms with Gasteiger partial charge in [-0.1, -0.05) is 24.9 Å². The van der Waals surface area contributed by atoms with Gasteiger partial charge in [0.15, 0.2) is 6.10 Å². The molecule has 1 rings (SSSR count). The van der Waals surface area contributed by atoms with Crippen LogP contribution in [0.3, 0.4) is 0 Å². The zero-order chi connectivity index (χ0) is 16.0. The van der Waals surface area contributed by atoms with E-state index >= 15 is 0 Å². The molecular weight excluding hydrogens is 294 g/mol. The number of amides is 1. The van der Waals surface area contributed by atoms with Crippen LogP contribution in [0.1, 0.15) is 44.0 Å². The number of ether oxygens (including phenoxy) is 1. The van der Waals surface area contributed by atoms with Crippen molar-refractivity contribution in [1.29, 1.82) is 0 Å². The van der Waals surface area contributed by atoms with Gasteiger partial charge in [-0.2, -0.15) is 0 Å². The van der Waals surface area contributed by atoms with E-state index in [2.05, 4.69) is 5.32 Å². The number of hydrogen-bond donors (Lipinski definition) is 2. The second kappa shape index (κ2) is 7.88. The zero-order valence-electron chi connectivity index (χ0n) is 12.4. The molecule has 0 radical (unpaired) electrons. The number of rotatable bonds is 7. The van der Waals surface area contributed by atoms with Crippen LogP contribution in [0.15, 0.2) is 18.2 Å². The highest BCUT2D eigenvalue weighted by Crippen LogP contribution is 2.24. The van der Waals surface area contributed by atoms with Crippen molar-refractivity contribution in [3.63, 3.8) is 0 Å². The number of aromatic carboxylic acids is 1. The first-order valence-corrected chi connectivity index (χ1v) is 7.22. The first kappa shape index (κ1) is 17.3. The van der Waals surface area contributed by atoms with Crippen molar-refractivity contribution >= 4 is 23.5 Å². The normalized spacial score (nSPS) is 13.3. The van der Waals surface area contributed by atoms with Crippen LogP contribution in [0.25, 0.3) is 0 Å². The lowest BCUT2D eigenvalue weighted by Gasteiger charge is -2.19. The van der Waals surface area contributed by atoms with Crippen LogP contribution in [0.5, 0.6) is 5.75 Å². The largest absolute Gasteiger partial charge is 0.480 e. The molecule has 0 aliphatic carbocycles. The third-order valence-electron chi connectivity index (χ3n) is 2.96. The Hall–Kier alpha value is -1.75. The summed E-state index contributed by atoms with van der Waals surface area (Å²) in [5.74, 6) is -1.31. The Morgan fingerprint density at radius 2 is 2.05 bits per heavy atom. The molecule has 0 spiro atoms. The molecule has 21 heavy (non-hydrogen) atoms. The standard InChI is InChI=1S/C15H20ClNO4/c1-4-5-9(2)17-14(18)10(3)21-13-7-6-11(16)8-12(13)15(19)20/h6-10H,4-5H2,1-3H3,(H,17,18)(H,19,20). The molecular formula is C15H20ClNO4. The molecule has 0 saturated heterocycles. The van der Waals surface area contributed by atoms with Gasteiger partial charge in [0.1, 0.15) is 11.3 Å². The van der Waals surface area contributed by atoms with Crippen molar-refractivity contribution in [1.82, 2.24) is 5.32 Å². The summed E-state index contributed by atoms with van der Waals surface area (Å²) in [5.41, 5.74) is -0.0660. The van der Waals surface area contributed by atoms with Crippen LogP contribution < -0.4 is 10.1 Å². The number of benzene rings is 1. The Kier molecular flexibility index (Phi) is 6.49. The summed E-state index contributed by atoms with van der Waals surface area (Å²) >= 11 is 5.77. The molecule has 1 aromatic carbocycles. The molecule has 6 heteroatoms. The van der Waals surface area contributed by atoms with Crippen LogP contribution in [-0.2, 0) is 4.79 Å². The molecule has 2 atom stereocenters. The lowest BCUT2D eigenvalue weighted by molar-refractivity contribution is -0.127. The Bertz CT molecular complexity index is 518. The average molecular weight is 314 g/mol. The molecule has 1 amide bonds. The lowest BCUT2D eigenvalue weighted by atomic mass is 10.2. The quantitative estimate of drug-likeness (QED) is 0.811. The Labute approximate surface area is 129 Å². The lowest BCUT2D eigenvalue weighted by Crippen LogP contribution is -2.41. The third-order valence-corrected chi connectivity index (χ3v) is 3.19. The second-order valence-corrected chi connectivity index (χ2v) is 5.34. The van der Waals surface area contributed by atoms with Crippen molar-refractivity contribution in [2.75, 3.05) is 0 Å². The summed E-state index contributed by atoms with van der Waals surface area (Å²) < 4.78 is 5.45. The Balaban J connectivity index is 2.76. The maximum atomic E-state index is 12.0. The first-order valence-electron chi connectivity index (χ1n) is 6.85. The fourth-order valence-corrected chi connectivity index (χ4v) is 2.05. The fourth-order valence-electron chi connectivity index (χ4n) is 1.88. The maximum absolute atomic E-state index is 12.0. The highest BCUT2D eigenvalue weighted by Gasteiger charge is 2.20. The molecule has 0 aromatic heterocycles. The number of carboxylic acid groups (broad SMARTS) is 1. The van der Waals surface area contributed by atoms with Gasteiger partial charge in [0.25, 0.3) is 5.91 Å². The predicted molar refractivity (Wildman–Crippen MR) is 81.0 cm³/mol. The topological polar surface area (TPSA) is 75.6 Å². The summed E-state index contributed by atoms with van der Waals surface area (Å²) in [7, 11) is 0. The summed E-state index contributed by atoms with van der Waals surface area (Å²) in [6.07, 6.45) is 1.06. The van der Waals surface area contributed by atoms with Crippen molar-refractivity contribution in [2.45, 2.75) is 45.8 Å². The predicted octanol–water partition coefficient (Wildman–Crippen LogP) is 3.11. The van der Waals surface area contributed by atoms with E-state index in [4.69, 9.17) is 21.4 Å². The van der Waals surface area contributed by atoms with Gasteiger partial charge in [0, 0.05) is 11.1 Å². The number of carboxylic acids is 1. The number of carbonyl (C=O) groups is 2. The molecule has 0 bridgehead atoms. The minimum atomic E-state index is -1.15. The minimum absolute atomic E-state index is 0.0534. The van der Waals surface area contributed by atoms with Gasteiger partial charge in [-0.05, 0) is 38.5 Å². The summed E-state index contributed by atoms with van der Waals surface area (Å²) in [5, 5.41) is 12.2. The molecule has 0 aliphatic rings. The number of nitrogens with one attached hydrogen (secondary N) is 1. The van der Waals surface area contributed by atoms with Gasteiger partial charge < -0.3 is 15.2 Å². The monoisotopic (exact) mass is 313 g/mol. The van der Waals surface area contributed by atoms with Gasteiger partial charge in [-0.15, -0.1) is 0 Å². The summed E-state index contributed by atoms with van der Waals surface area (Å²) in [4.78, 5) is 23.1. The van der Waals surface area contributed by atoms with Gasteiger partial charge in [-0.3, -0.25) is 4.79 Å². The second-order valence-electron chi connectivity index (χ2n) is 4.90. The molecule has 0 heterocycles. The van der Waals surface area contributed by atoms with E-state index in [9.17, 15) is 9.59 Å². The van der Waals surface area contributed by atoms with E-state index < -0.39 is 12.1 Å². The van der Waals surface area contributed by atoms with E-state index in [0.717, 1.165) is 12.8 Å². The van der Waals surface area contributed by atoms with Crippen molar-refractivity contribution < 1.29 is 19.4 Å². The summed E-state index contributed by atoms with van der Waals surface area (Å²) in [6.45, 7) is 5.53. The van der Waals surface area contributed by atoms with Crippen molar-refractivity contribution in [2.24, 2.45) is 0 Å². The highest BCUT2D eigenvalue weighted by atomic mass is 35.5. The van der Waals surface area contributed by atoms with E-state index in [0.29, 0.717) is 5.02 Å². The number of halogens is 1. The molecule has 2 unspecified atom stereocenters. The molecule has 0 aliphatic heterocycles. The molecule has 5 nitrogen and oxygen atoms in total. The zero-order valence-corrected chi connectivity index (χ0v) is 13.1. The molecule has 1 aromatic rings. The highest BCUT2D eigenvalue weighted by molar-refractivity contribution is 6.31. The van der Waals surface area contributed by atoms with Crippen LogP contribution in [0.4, 0.5) is 0 Å². The third kappa shape index (κ3) is 5.27. The number of hydrogen-bond acceptors (Lipinski definition) is 3. The van der Waals surface area contributed by atoms with Gasteiger partial charge in [0.2, 0.25) is 0 Å². The number of carbonyl (C=O) groups excluding carboxylic acids is 1. The van der Waals surface area contributed by atoms with Crippen LogP contribution in [0, 0.1) is 0 Å². The van der Waals surface area contributed by atoms with E-state index in [1.165, 1.54) is 18.2 Å². The van der Waals surface area contributed by atoms with E-state index in [1.807, 2.05) is 13.8 Å². The molecule has 0 fully saturated rings. The average Bonchev–Trinajstić information content (AvgIpc) is 2.40. The molecule has 0 saturated carbocycles. The van der Waals surface area contributed by atoms with Gasteiger partial charge >= 0.3 is 5.97 Å². The Morgan fingerprint density at radius 3 is 2.62 bits per heavy atom. The smallest absolute Gasteiger partial charge is 0.339 e. The fraction of sp³-hybridized carbons (Fsp3) is 0.467. The summed E-state index contributed by atoms with van der Waals surface area (Å²) in [6, 6.07) is 4.32. The van der Waals surface area contributed by atoms with Crippen LogP contribution in [-0.4, -0.2) is 29.1 Å². The Morgan fingerprint density at radius 1 is 1.38 bits per heavy atom.